The number of nitrogen functional groups attached to an aromatic ring is 1. The standard InChI is InChI=1S/C12H10N8OS/c1-6-7(2-3-21-6)10-18-19-12(20(10)13)22-11-8-4-16-17-9(8)14-5-15-11/h2-5H,13H2,1H3,(H,14,15,16,17). The molecular formula is C12H10N8OS. The number of rotatable bonds is 3. The lowest BCUT2D eigenvalue weighted by molar-refractivity contribution is 0.535. The number of nitrogens with zero attached hydrogens (tertiary/aromatic N) is 6. The first kappa shape index (κ1) is 12.8. The highest BCUT2D eigenvalue weighted by atomic mass is 32.2. The van der Waals surface area contributed by atoms with Crippen LogP contribution in [-0.4, -0.2) is 35.0 Å². The topological polar surface area (TPSA) is 124 Å². The molecule has 0 saturated carbocycles. The molecule has 0 aliphatic carbocycles. The molecule has 4 heterocycles. The van der Waals surface area contributed by atoms with Gasteiger partial charge < -0.3 is 10.3 Å². The van der Waals surface area contributed by atoms with Crippen molar-refractivity contribution in [1.29, 1.82) is 0 Å². The molecule has 0 amide bonds. The van der Waals surface area contributed by atoms with Gasteiger partial charge >= 0.3 is 0 Å². The van der Waals surface area contributed by atoms with Gasteiger partial charge in [-0.05, 0) is 24.8 Å². The highest BCUT2D eigenvalue weighted by Gasteiger charge is 2.17. The molecular weight excluding hydrogens is 304 g/mol. The van der Waals surface area contributed by atoms with E-state index in [1.165, 1.54) is 22.8 Å². The summed E-state index contributed by atoms with van der Waals surface area (Å²) in [7, 11) is 0. The van der Waals surface area contributed by atoms with Gasteiger partial charge in [0.2, 0.25) is 5.16 Å². The second-order valence-corrected chi connectivity index (χ2v) is 5.44. The summed E-state index contributed by atoms with van der Waals surface area (Å²) in [6.07, 6.45) is 4.71. The second-order valence-electron chi connectivity index (χ2n) is 4.48. The Morgan fingerprint density at radius 2 is 2.23 bits per heavy atom. The Morgan fingerprint density at radius 1 is 1.32 bits per heavy atom. The number of nitrogens with one attached hydrogen (secondary N) is 1. The number of hydrogen-bond donors (Lipinski definition) is 2. The first-order valence-corrected chi connectivity index (χ1v) is 7.12. The molecule has 0 aromatic carbocycles. The number of H-pyrrole nitrogens is 1. The highest BCUT2D eigenvalue weighted by molar-refractivity contribution is 7.99. The number of aromatic amines is 1. The number of nitrogens with two attached hydrogens (primary N) is 1. The van der Waals surface area contributed by atoms with Gasteiger partial charge in [-0.1, -0.05) is 0 Å². The van der Waals surface area contributed by atoms with E-state index >= 15 is 0 Å². The lowest BCUT2D eigenvalue weighted by Gasteiger charge is -2.02. The maximum absolute atomic E-state index is 6.09. The second kappa shape index (κ2) is 4.84. The number of hydrogen-bond acceptors (Lipinski definition) is 8. The summed E-state index contributed by atoms with van der Waals surface area (Å²) in [5.74, 6) is 7.36. The largest absolute Gasteiger partial charge is 0.469 e. The summed E-state index contributed by atoms with van der Waals surface area (Å²) in [6, 6.07) is 1.80. The Balaban J connectivity index is 1.74. The van der Waals surface area contributed by atoms with Crippen molar-refractivity contribution in [2.24, 2.45) is 0 Å². The molecule has 0 saturated heterocycles. The van der Waals surface area contributed by atoms with E-state index in [4.69, 9.17) is 10.3 Å². The van der Waals surface area contributed by atoms with E-state index < -0.39 is 0 Å². The molecule has 0 spiro atoms. The normalized spacial score (nSPS) is 11.3. The molecule has 10 heteroatoms. The average Bonchev–Trinajstić information content (AvgIpc) is 3.21. The van der Waals surface area contributed by atoms with E-state index in [-0.39, 0.29) is 0 Å². The zero-order valence-electron chi connectivity index (χ0n) is 11.4. The molecule has 0 aliphatic rings. The van der Waals surface area contributed by atoms with E-state index in [1.54, 1.807) is 18.5 Å². The number of aromatic nitrogens is 7. The van der Waals surface area contributed by atoms with Crippen molar-refractivity contribution >= 4 is 22.8 Å². The predicted molar refractivity (Wildman–Crippen MR) is 78.4 cm³/mol. The average molecular weight is 314 g/mol. The first-order chi connectivity index (χ1) is 10.7. The van der Waals surface area contributed by atoms with Crippen LogP contribution in [0.4, 0.5) is 0 Å². The molecule has 3 N–H and O–H groups in total. The summed E-state index contributed by atoms with van der Waals surface area (Å²) < 4.78 is 6.69. The van der Waals surface area contributed by atoms with Gasteiger partial charge in [0.05, 0.1) is 23.4 Å². The SMILES string of the molecule is Cc1occc1-c1nnc(Sc2ncnc3[nH]ncc23)n1N. The fourth-order valence-electron chi connectivity index (χ4n) is 2.06. The van der Waals surface area contributed by atoms with Crippen LogP contribution >= 0.6 is 11.8 Å². The first-order valence-electron chi connectivity index (χ1n) is 6.31. The van der Waals surface area contributed by atoms with Crippen LogP contribution in [-0.2, 0) is 0 Å². The van der Waals surface area contributed by atoms with Gasteiger partial charge in [0.1, 0.15) is 17.1 Å². The van der Waals surface area contributed by atoms with Crippen molar-refractivity contribution in [2.45, 2.75) is 17.1 Å². The maximum Gasteiger partial charge on any atom is 0.216 e. The van der Waals surface area contributed by atoms with E-state index in [2.05, 4.69) is 30.4 Å². The molecule has 9 nitrogen and oxygen atoms in total. The minimum atomic E-state index is 0.511. The fourth-order valence-corrected chi connectivity index (χ4v) is 2.86. The molecule has 22 heavy (non-hydrogen) atoms. The summed E-state index contributed by atoms with van der Waals surface area (Å²) in [4.78, 5) is 8.34. The Morgan fingerprint density at radius 3 is 3.05 bits per heavy atom. The van der Waals surface area contributed by atoms with E-state index in [0.717, 1.165) is 16.7 Å². The maximum atomic E-state index is 6.09. The number of aryl methyl sites for hydroxylation is 1. The highest BCUT2D eigenvalue weighted by Crippen LogP contribution is 2.31. The Bertz CT molecular complexity index is 955. The van der Waals surface area contributed by atoms with Crippen LogP contribution in [0.25, 0.3) is 22.4 Å². The van der Waals surface area contributed by atoms with Crippen LogP contribution in [0.2, 0.25) is 0 Å². The molecule has 0 unspecified atom stereocenters. The molecule has 110 valence electrons. The summed E-state index contributed by atoms with van der Waals surface area (Å²) in [6.45, 7) is 1.84. The van der Waals surface area contributed by atoms with Crippen molar-refractivity contribution < 1.29 is 4.42 Å². The van der Waals surface area contributed by atoms with Crippen LogP contribution in [0, 0.1) is 6.92 Å². The minimum Gasteiger partial charge on any atom is -0.469 e. The zero-order valence-corrected chi connectivity index (χ0v) is 12.2. The third-order valence-electron chi connectivity index (χ3n) is 3.16. The number of fused-ring (bicyclic) bond motifs is 1. The number of furan rings is 1. The molecule has 0 atom stereocenters. The molecule has 4 rings (SSSR count). The third kappa shape index (κ3) is 1.92. The van der Waals surface area contributed by atoms with Crippen LogP contribution < -0.4 is 5.84 Å². The van der Waals surface area contributed by atoms with Crippen molar-refractivity contribution in [1.82, 2.24) is 35.0 Å². The summed E-state index contributed by atoms with van der Waals surface area (Å²) >= 11 is 1.29. The Hall–Kier alpha value is -2.88. The van der Waals surface area contributed by atoms with Crippen LogP contribution in [0.3, 0.4) is 0 Å². The molecule has 4 aromatic rings. The summed E-state index contributed by atoms with van der Waals surface area (Å²) in [5, 5.41) is 17.0. The minimum absolute atomic E-state index is 0.511. The van der Waals surface area contributed by atoms with Crippen molar-refractivity contribution in [3.63, 3.8) is 0 Å². The molecule has 0 radical (unpaired) electrons. The zero-order chi connectivity index (χ0) is 15.1. The Kier molecular flexibility index (Phi) is 2.82. The van der Waals surface area contributed by atoms with Gasteiger partial charge in [0.25, 0.3) is 0 Å². The van der Waals surface area contributed by atoms with E-state index in [1.807, 2.05) is 6.92 Å². The van der Waals surface area contributed by atoms with Gasteiger partial charge in [-0.2, -0.15) is 5.10 Å². The molecule has 0 aliphatic heterocycles. The fraction of sp³-hybridized carbons (Fsp3) is 0.0833. The molecule has 0 bridgehead atoms. The predicted octanol–water partition coefficient (Wildman–Crippen LogP) is 1.38. The quantitative estimate of drug-likeness (QED) is 0.429. The van der Waals surface area contributed by atoms with Gasteiger partial charge in [0, 0.05) is 0 Å². The van der Waals surface area contributed by atoms with Crippen molar-refractivity contribution in [2.75, 3.05) is 5.84 Å². The van der Waals surface area contributed by atoms with Crippen LogP contribution in [0.1, 0.15) is 5.76 Å². The van der Waals surface area contributed by atoms with Gasteiger partial charge in [0.15, 0.2) is 11.5 Å². The van der Waals surface area contributed by atoms with Gasteiger partial charge in [-0.25, -0.2) is 14.6 Å². The van der Waals surface area contributed by atoms with Crippen LogP contribution in [0.5, 0.6) is 0 Å². The van der Waals surface area contributed by atoms with Crippen LogP contribution in [0.15, 0.2) is 39.5 Å². The van der Waals surface area contributed by atoms with Gasteiger partial charge in [-0.15, -0.1) is 10.2 Å². The van der Waals surface area contributed by atoms with Gasteiger partial charge in [-0.3, -0.25) is 5.10 Å². The van der Waals surface area contributed by atoms with Crippen molar-refractivity contribution in [3.8, 4) is 11.4 Å². The molecule has 0 fully saturated rings. The Labute approximate surface area is 127 Å². The summed E-state index contributed by atoms with van der Waals surface area (Å²) in [5.41, 5.74) is 1.46. The lowest BCUT2D eigenvalue weighted by Crippen LogP contribution is -2.11. The van der Waals surface area contributed by atoms with E-state index in [0.29, 0.717) is 21.7 Å². The third-order valence-corrected chi connectivity index (χ3v) is 4.14. The van der Waals surface area contributed by atoms with E-state index in [9.17, 15) is 0 Å². The monoisotopic (exact) mass is 314 g/mol. The smallest absolute Gasteiger partial charge is 0.216 e. The van der Waals surface area contributed by atoms with Crippen molar-refractivity contribution in [3.05, 3.63) is 30.6 Å². The lowest BCUT2D eigenvalue weighted by atomic mass is 10.2. The molecule has 4 aromatic heterocycles.